The quantitative estimate of drug-likeness (QED) is 0.603. The molecule has 0 aromatic heterocycles. The van der Waals surface area contributed by atoms with Crippen LogP contribution in [0.25, 0.3) is 0 Å². The lowest BCUT2D eigenvalue weighted by Crippen LogP contribution is -2.17. The van der Waals surface area contributed by atoms with Crippen LogP contribution in [0.3, 0.4) is 0 Å². The van der Waals surface area contributed by atoms with Gasteiger partial charge in [-0.3, -0.25) is 4.79 Å². The second-order valence-electron chi connectivity index (χ2n) is 5.12. The number of ether oxygens (including phenoxy) is 2. The Labute approximate surface area is 151 Å². The Kier molecular flexibility index (Phi) is 6.65. The van der Waals surface area contributed by atoms with Crippen LogP contribution in [0.15, 0.2) is 41.6 Å². The van der Waals surface area contributed by atoms with Crippen molar-refractivity contribution in [3.63, 3.8) is 0 Å². The Morgan fingerprint density at radius 3 is 2.72 bits per heavy atom. The maximum atomic E-state index is 11.9. The van der Waals surface area contributed by atoms with E-state index in [0.717, 1.165) is 5.56 Å². The van der Waals surface area contributed by atoms with Crippen LogP contribution in [0.5, 0.6) is 11.5 Å². The van der Waals surface area contributed by atoms with Gasteiger partial charge in [-0.1, -0.05) is 28.9 Å². The molecule has 25 heavy (non-hydrogen) atoms. The summed E-state index contributed by atoms with van der Waals surface area (Å²) in [5.41, 5.74) is 2.21. The van der Waals surface area contributed by atoms with Gasteiger partial charge in [0, 0.05) is 5.56 Å². The first-order chi connectivity index (χ1) is 12.0. The third-order valence-corrected chi connectivity index (χ3v) is 3.61. The summed E-state index contributed by atoms with van der Waals surface area (Å²) >= 11 is 6.07. The molecule has 0 unspecified atom stereocenters. The summed E-state index contributed by atoms with van der Waals surface area (Å²) < 4.78 is 10.5. The normalized spacial score (nSPS) is 10.6. The number of halogens is 1. The van der Waals surface area contributed by atoms with Crippen molar-refractivity contribution in [3.8, 4) is 11.5 Å². The minimum atomic E-state index is -0.361. The van der Waals surface area contributed by atoms with Crippen LogP contribution in [0.2, 0.25) is 5.02 Å². The van der Waals surface area contributed by atoms with E-state index in [9.17, 15) is 4.79 Å². The van der Waals surface area contributed by atoms with Crippen molar-refractivity contribution in [2.24, 2.45) is 5.16 Å². The predicted molar refractivity (Wildman–Crippen MR) is 97.9 cm³/mol. The highest BCUT2D eigenvalue weighted by Crippen LogP contribution is 2.29. The number of nitrogens with zero attached hydrogens (tertiary/aromatic N) is 1. The van der Waals surface area contributed by atoms with Gasteiger partial charge in [-0.25, -0.2) is 0 Å². The van der Waals surface area contributed by atoms with Crippen LogP contribution in [-0.2, 0) is 9.63 Å². The molecule has 1 N–H and O–H groups in total. The second kappa shape index (κ2) is 8.94. The summed E-state index contributed by atoms with van der Waals surface area (Å²) in [7, 11) is 3.09. The minimum Gasteiger partial charge on any atom is -0.493 e. The number of para-hydroxylation sites is 1. The van der Waals surface area contributed by atoms with Gasteiger partial charge in [0.2, 0.25) is 0 Å². The Bertz CT molecular complexity index is 778. The van der Waals surface area contributed by atoms with E-state index in [0.29, 0.717) is 27.8 Å². The second-order valence-corrected chi connectivity index (χ2v) is 5.53. The van der Waals surface area contributed by atoms with E-state index < -0.39 is 0 Å². The van der Waals surface area contributed by atoms with E-state index >= 15 is 0 Å². The maximum absolute atomic E-state index is 11.9. The number of oxime groups is 1. The van der Waals surface area contributed by atoms with E-state index in [4.69, 9.17) is 25.9 Å². The van der Waals surface area contributed by atoms with Gasteiger partial charge < -0.3 is 19.6 Å². The molecule has 0 spiro atoms. The molecule has 2 aromatic carbocycles. The van der Waals surface area contributed by atoms with Crippen LogP contribution in [0.4, 0.5) is 5.69 Å². The molecule has 0 fully saturated rings. The summed E-state index contributed by atoms with van der Waals surface area (Å²) in [6, 6.07) is 10.7. The Hall–Kier alpha value is -2.73. The molecule has 0 saturated heterocycles. The number of hydrogen-bond donors (Lipinski definition) is 1. The van der Waals surface area contributed by atoms with Gasteiger partial charge in [0.15, 0.2) is 18.1 Å². The lowest BCUT2D eigenvalue weighted by Gasteiger charge is -2.09. The molecule has 1 amide bonds. The number of benzene rings is 2. The molecule has 0 aliphatic carbocycles. The largest absolute Gasteiger partial charge is 0.493 e. The molecule has 7 heteroatoms. The average molecular weight is 363 g/mol. The zero-order valence-corrected chi connectivity index (χ0v) is 15.0. The van der Waals surface area contributed by atoms with E-state index in [1.54, 1.807) is 37.4 Å². The molecule has 132 valence electrons. The highest BCUT2D eigenvalue weighted by atomic mass is 35.5. The third kappa shape index (κ3) is 5.12. The van der Waals surface area contributed by atoms with Gasteiger partial charge in [-0.05, 0) is 36.8 Å². The van der Waals surface area contributed by atoms with Crippen LogP contribution in [0.1, 0.15) is 11.1 Å². The fraction of sp³-hybridized carbons (Fsp3) is 0.222. The molecule has 0 radical (unpaired) electrons. The lowest BCUT2D eigenvalue weighted by atomic mass is 10.2. The predicted octanol–water partition coefficient (Wildman–Crippen LogP) is 3.65. The summed E-state index contributed by atoms with van der Waals surface area (Å²) in [5, 5.41) is 6.92. The van der Waals surface area contributed by atoms with E-state index in [1.807, 2.05) is 13.0 Å². The Morgan fingerprint density at radius 2 is 2.04 bits per heavy atom. The van der Waals surface area contributed by atoms with Crippen LogP contribution in [0, 0.1) is 6.92 Å². The Morgan fingerprint density at radius 1 is 1.24 bits per heavy atom. The van der Waals surface area contributed by atoms with Crippen molar-refractivity contribution in [1.82, 2.24) is 0 Å². The third-order valence-electron chi connectivity index (χ3n) is 3.29. The van der Waals surface area contributed by atoms with Crippen molar-refractivity contribution in [1.29, 1.82) is 0 Å². The number of methoxy groups -OCH3 is 2. The number of nitrogens with one attached hydrogen (secondary N) is 1. The number of rotatable bonds is 7. The van der Waals surface area contributed by atoms with Crippen LogP contribution < -0.4 is 14.8 Å². The first kappa shape index (κ1) is 18.6. The molecule has 0 aliphatic rings. The van der Waals surface area contributed by atoms with Gasteiger partial charge in [-0.2, -0.15) is 0 Å². The van der Waals surface area contributed by atoms with Crippen LogP contribution >= 0.6 is 11.6 Å². The number of anilines is 1. The van der Waals surface area contributed by atoms with Crippen molar-refractivity contribution in [3.05, 3.63) is 52.5 Å². The number of hydrogen-bond acceptors (Lipinski definition) is 5. The van der Waals surface area contributed by atoms with Crippen LogP contribution in [-0.4, -0.2) is 32.9 Å². The fourth-order valence-electron chi connectivity index (χ4n) is 2.11. The molecule has 0 atom stereocenters. The molecule has 0 heterocycles. The summed E-state index contributed by atoms with van der Waals surface area (Å²) in [6.45, 7) is 1.68. The SMILES string of the molecule is COc1cccc(/C=N\OCC(=O)Nc2ccc(C)cc2Cl)c1OC. The number of carbonyl (C=O) groups excluding carboxylic acids is 1. The fourth-order valence-corrected chi connectivity index (χ4v) is 2.39. The van der Waals surface area contributed by atoms with Crippen molar-refractivity contribution >= 4 is 29.4 Å². The van der Waals surface area contributed by atoms with Gasteiger partial charge in [-0.15, -0.1) is 0 Å². The first-order valence-electron chi connectivity index (χ1n) is 7.47. The molecule has 0 bridgehead atoms. The number of aryl methyl sites for hydroxylation is 1. The topological polar surface area (TPSA) is 69.2 Å². The lowest BCUT2D eigenvalue weighted by molar-refractivity contribution is -0.120. The van der Waals surface area contributed by atoms with Gasteiger partial charge in [0.1, 0.15) is 0 Å². The average Bonchev–Trinajstić information content (AvgIpc) is 2.60. The molecular formula is C18H19ClN2O4. The molecule has 2 aromatic rings. The molecule has 0 saturated carbocycles. The molecule has 6 nitrogen and oxygen atoms in total. The van der Waals surface area contributed by atoms with Crippen molar-refractivity contribution < 1.29 is 19.1 Å². The zero-order valence-electron chi connectivity index (χ0n) is 14.2. The highest BCUT2D eigenvalue weighted by molar-refractivity contribution is 6.33. The maximum Gasteiger partial charge on any atom is 0.265 e. The molecular weight excluding hydrogens is 344 g/mol. The van der Waals surface area contributed by atoms with Crippen molar-refractivity contribution in [2.75, 3.05) is 26.1 Å². The molecule has 0 aliphatic heterocycles. The standard InChI is InChI=1S/C18H19ClN2O4/c1-12-7-8-15(14(19)9-12)21-17(22)11-25-20-10-13-5-4-6-16(23-2)18(13)24-3/h4-10H,11H2,1-3H3,(H,21,22)/b20-10-. The van der Waals surface area contributed by atoms with Gasteiger partial charge >= 0.3 is 0 Å². The molecule has 2 rings (SSSR count). The highest BCUT2D eigenvalue weighted by Gasteiger charge is 2.08. The minimum absolute atomic E-state index is 0.243. The van der Waals surface area contributed by atoms with Gasteiger partial charge in [0.05, 0.1) is 31.1 Å². The number of carbonyl (C=O) groups is 1. The summed E-state index contributed by atoms with van der Waals surface area (Å²) in [6.07, 6.45) is 1.45. The number of amides is 1. The van der Waals surface area contributed by atoms with Gasteiger partial charge in [0.25, 0.3) is 5.91 Å². The summed E-state index contributed by atoms with van der Waals surface area (Å²) in [5.74, 6) is 0.756. The van der Waals surface area contributed by atoms with E-state index in [2.05, 4.69) is 10.5 Å². The monoisotopic (exact) mass is 362 g/mol. The Balaban J connectivity index is 1.92. The van der Waals surface area contributed by atoms with E-state index in [-0.39, 0.29) is 12.5 Å². The van der Waals surface area contributed by atoms with Crippen molar-refractivity contribution in [2.45, 2.75) is 6.92 Å². The summed E-state index contributed by atoms with van der Waals surface area (Å²) in [4.78, 5) is 16.9. The van der Waals surface area contributed by atoms with E-state index in [1.165, 1.54) is 13.3 Å². The zero-order chi connectivity index (χ0) is 18.2. The smallest absolute Gasteiger partial charge is 0.265 e. The first-order valence-corrected chi connectivity index (χ1v) is 7.85.